The molecule has 2 unspecified atom stereocenters. The second-order valence-electron chi connectivity index (χ2n) is 7.92. The SMILES string of the molecule is O=C(Cn1ccc2c(N([O-])O)cccc21)N1CC2CC(C1)c1cccc(=O)n1C2. The van der Waals surface area contributed by atoms with Gasteiger partial charge in [-0.05, 0) is 36.6 Å². The highest BCUT2D eigenvalue weighted by atomic mass is 16.8. The summed E-state index contributed by atoms with van der Waals surface area (Å²) in [6, 6.07) is 12.1. The number of rotatable bonds is 3. The third kappa shape index (κ3) is 3.01. The minimum atomic E-state index is -0.153. The zero-order valence-corrected chi connectivity index (χ0v) is 15.8. The van der Waals surface area contributed by atoms with Crippen molar-refractivity contribution < 1.29 is 10.0 Å². The monoisotopic (exact) mass is 393 g/mol. The van der Waals surface area contributed by atoms with Gasteiger partial charge >= 0.3 is 0 Å². The van der Waals surface area contributed by atoms with E-state index in [9.17, 15) is 20.0 Å². The van der Waals surface area contributed by atoms with Crippen molar-refractivity contribution in [3.05, 3.63) is 69.9 Å². The van der Waals surface area contributed by atoms with E-state index < -0.39 is 0 Å². The third-order valence-electron chi connectivity index (χ3n) is 6.13. The normalized spacial score (nSPS) is 20.6. The molecule has 1 fully saturated rings. The molecular weight excluding hydrogens is 372 g/mol. The number of hydrogen-bond donors (Lipinski definition) is 1. The molecule has 2 aliphatic rings. The minimum Gasteiger partial charge on any atom is -0.733 e. The van der Waals surface area contributed by atoms with E-state index in [2.05, 4.69) is 0 Å². The number of amides is 1. The minimum absolute atomic E-state index is 0.0114. The molecule has 1 N–H and O–H groups in total. The number of piperidine rings is 1. The van der Waals surface area contributed by atoms with Gasteiger partial charge in [-0.3, -0.25) is 14.8 Å². The predicted molar refractivity (Wildman–Crippen MR) is 108 cm³/mol. The Hall–Kier alpha value is -3.10. The standard InChI is InChI=1S/C21H21N4O4/c26-20-6-2-3-17-15-9-14(11-24(17)20)10-23(12-15)21(27)13-22-8-7-16-18(22)4-1-5-19(16)25(28)29/h1-8,14-15,28H,9-13H2/q-1. The molecule has 1 aromatic carbocycles. The molecule has 29 heavy (non-hydrogen) atoms. The first kappa shape index (κ1) is 18.0. The van der Waals surface area contributed by atoms with E-state index in [0.29, 0.717) is 25.0 Å². The van der Waals surface area contributed by atoms with E-state index in [1.807, 2.05) is 21.6 Å². The first-order valence-corrected chi connectivity index (χ1v) is 9.73. The molecule has 2 bridgehead atoms. The van der Waals surface area contributed by atoms with Crippen molar-refractivity contribution in [2.45, 2.75) is 25.4 Å². The van der Waals surface area contributed by atoms with Crippen LogP contribution in [-0.2, 0) is 17.9 Å². The van der Waals surface area contributed by atoms with Crippen LogP contribution in [0.5, 0.6) is 0 Å². The summed E-state index contributed by atoms with van der Waals surface area (Å²) in [6.45, 7) is 2.07. The zero-order valence-electron chi connectivity index (χ0n) is 15.8. The van der Waals surface area contributed by atoms with Gasteiger partial charge in [-0.25, -0.2) is 0 Å². The maximum Gasteiger partial charge on any atom is 0.250 e. The number of nitrogens with zero attached hydrogens (tertiary/aromatic N) is 4. The third-order valence-corrected chi connectivity index (χ3v) is 6.13. The fourth-order valence-electron chi connectivity index (χ4n) is 4.86. The Morgan fingerprint density at radius 3 is 2.79 bits per heavy atom. The fourth-order valence-corrected chi connectivity index (χ4v) is 4.86. The van der Waals surface area contributed by atoms with Crippen molar-refractivity contribution in [1.29, 1.82) is 0 Å². The second kappa shape index (κ2) is 6.75. The van der Waals surface area contributed by atoms with Crippen LogP contribution in [0.25, 0.3) is 10.9 Å². The molecule has 8 nitrogen and oxygen atoms in total. The first-order chi connectivity index (χ1) is 14.0. The van der Waals surface area contributed by atoms with Gasteiger partial charge in [0.05, 0.1) is 11.2 Å². The van der Waals surface area contributed by atoms with E-state index in [1.54, 1.807) is 35.0 Å². The molecule has 0 aliphatic carbocycles. The van der Waals surface area contributed by atoms with Crippen molar-refractivity contribution in [3.63, 3.8) is 0 Å². The Balaban J connectivity index is 1.38. The van der Waals surface area contributed by atoms with Gasteiger partial charge in [0.2, 0.25) is 5.91 Å². The summed E-state index contributed by atoms with van der Waals surface area (Å²) in [5, 5.41) is 21.1. The van der Waals surface area contributed by atoms with Crippen LogP contribution in [-0.4, -0.2) is 38.2 Å². The second-order valence-corrected chi connectivity index (χ2v) is 7.92. The molecule has 5 rings (SSSR count). The summed E-state index contributed by atoms with van der Waals surface area (Å²) in [6.07, 6.45) is 2.76. The maximum absolute atomic E-state index is 13.1. The van der Waals surface area contributed by atoms with E-state index in [0.717, 1.165) is 17.6 Å². The Bertz CT molecular complexity index is 1150. The van der Waals surface area contributed by atoms with Crippen molar-refractivity contribution in [1.82, 2.24) is 14.0 Å². The first-order valence-electron chi connectivity index (χ1n) is 9.73. The van der Waals surface area contributed by atoms with Crippen LogP contribution >= 0.6 is 0 Å². The number of benzene rings is 1. The molecule has 0 saturated carbocycles. The van der Waals surface area contributed by atoms with Gasteiger partial charge in [0.1, 0.15) is 6.54 Å². The molecule has 8 heteroatoms. The highest BCUT2D eigenvalue weighted by Crippen LogP contribution is 2.35. The number of pyridine rings is 1. The maximum atomic E-state index is 13.1. The summed E-state index contributed by atoms with van der Waals surface area (Å²) >= 11 is 0. The molecular formula is C21H21N4O4-. The van der Waals surface area contributed by atoms with E-state index in [4.69, 9.17) is 0 Å². The number of aromatic nitrogens is 2. The topological polar surface area (TPSA) is 93.8 Å². The van der Waals surface area contributed by atoms with Crippen molar-refractivity contribution in [3.8, 4) is 0 Å². The molecule has 0 spiro atoms. The van der Waals surface area contributed by atoms with Gasteiger partial charge < -0.3 is 24.5 Å². The molecule has 4 heterocycles. The van der Waals surface area contributed by atoms with Gasteiger partial charge in [-0.1, -0.05) is 12.1 Å². The molecule has 2 aromatic heterocycles. The van der Waals surface area contributed by atoms with Crippen LogP contribution < -0.4 is 10.8 Å². The molecule has 2 atom stereocenters. The van der Waals surface area contributed by atoms with Gasteiger partial charge in [0, 0.05) is 48.9 Å². The predicted octanol–water partition coefficient (Wildman–Crippen LogP) is 2.14. The number of anilines is 1. The smallest absolute Gasteiger partial charge is 0.250 e. The average Bonchev–Trinajstić information content (AvgIpc) is 3.11. The largest absolute Gasteiger partial charge is 0.733 e. The average molecular weight is 393 g/mol. The van der Waals surface area contributed by atoms with Crippen molar-refractivity contribution in [2.24, 2.45) is 5.92 Å². The number of carbonyl (C=O) groups excluding carboxylic acids is 1. The van der Waals surface area contributed by atoms with E-state index in [1.165, 1.54) is 6.07 Å². The van der Waals surface area contributed by atoms with Crippen molar-refractivity contribution in [2.75, 3.05) is 18.3 Å². The van der Waals surface area contributed by atoms with Gasteiger partial charge in [-0.2, -0.15) is 0 Å². The molecule has 150 valence electrons. The van der Waals surface area contributed by atoms with Crippen LogP contribution in [0.2, 0.25) is 0 Å². The van der Waals surface area contributed by atoms with Crippen LogP contribution in [0.15, 0.2) is 53.5 Å². The lowest BCUT2D eigenvalue weighted by Gasteiger charge is -2.42. The fraction of sp³-hybridized carbons (Fsp3) is 0.333. The van der Waals surface area contributed by atoms with Crippen LogP contribution in [0.1, 0.15) is 18.0 Å². The molecule has 2 aliphatic heterocycles. The Morgan fingerprint density at radius 2 is 1.97 bits per heavy atom. The highest BCUT2D eigenvalue weighted by Gasteiger charge is 2.36. The van der Waals surface area contributed by atoms with E-state index in [-0.39, 0.29) is 40.8 Å². The lowest BCUT2D eigenvalue weighted by atomic mass is 9.83. The highest BCUT2D eigenvalue weighted by molar-refractivity contribution is 5.93. The summed E-state index contributed by atoms with van der Waals surface area (Å²) < 4.78 is 3.65. The van der Waals surface area contributed by atoms with Crippen LogP contribution in [0, 0.1) is 11.1 Å². The van der Waals surface area contributed by atoms with E-state index >= 15 is 0 Å². The lowest BCUT2D eigenvalue weighted by Crippen LogP contribution is -2.49. The molecule has 3 aromatic rings. The number of likely N-dealkylation sites (tertiary alicyclic amines) is 1. The Morgan fingerprint density at radius 1 is 1.14 bits per heavy atom. The summed E-state index contributed by atoms with van der Waals surface area (Å²) in [4.78, 5) is 27.1. The summed E-state index contributed by atoms with van der Waals surface area (Å²) in [5.41, 5.74) is 1.92. The molecule has 0 radical (unpaired) electrons. The number of fused-ring (bicyclic) bond motifs is 5. The molecule has 1 amide bonds. The summed E-state index contributed by atoms with van der Waals surface area (Å²) in [7, 11) is 0. The Kier molecular flexibility index (Phi) is 4.18. The quantitative estimate of drug-likeness (QED) is 0.688. The molecule has 1 saturated heterocycles. The lowest BCUT2D eigenvalue weighted by molar-refractivity contribution is -0.134. The van der Waals surface area contributed by atoms with Gasteiger partial charge in [-0.15, -0.1) is 0 Å². The summed E-state index contributed by atoms with van der Waals surface area (Å²) in [5.74, 6) is 0.468. The zero-order chi connectivity index (χ0) is 20.1. The van der Waals surface area contributed by atoms with Gasteiger partial charge in [0.25, 0.3) is 5.56 Å². The number of hydrogen-bond acceptors (Lipinski definition) is 5. The van der Waals surface area contributed by atoms with Crippen LogP contribution in [0.4, 0.5) is 5.69 Å². The number of carbonyl (C=O) groups is 1. The van der Waals surface area contributed by atoms with Gasteiger partial charge in [0.15, 0.2) is 0 Å². The Labute approximate surface area is 166 Å². The van der Waals surface area contributed by atoms with Crippen molar-refractivity contribution >= 4 is 22.5 Å². The van der Waals surface area contributed by atoms with Crippen LogP contribution in [0.3, 0.4) is 0 Å².